The molecule has 0 saturated carbocycles. The van der Waals surface area contributed by atoms with E-state index in [1.54, 1.807) is 0 Å². The largest absolute Gasteiger partial charge is 0.463 e. The fourth-order valence-corrected chi connectivity index (χ4v) is 3.16. The van der Waals surface area contributed by atoms with Crippen LogP contribution in [0.2, 0.25) is 0 Å². The number of aromatic amines is 1. The van der Waals surface area contributed by atoms with Gasteiger partial charge in [0.1, 0.15) is 0 Å². The molecule has 3 aromatic rings. The molecule has 0 unspecified atom stereocenters. The van der Waals surface area contributed by atoms with E-state index < -0.39 is 0 Å². The first-order valence-corrected chi connectivity index (χ1v) is 9.40. The molecule has 1 aromatic heterocycles. The molecule has 0 aliphatic heterocycles. The van der Waals surface area contributed by atoms with Crippen LogP contribution in [0.25, 0.3) is 17.0 Å². The summed E-state index contributed by atoms with van der Waals surface area (Å²) < 4.78 is 5.11. The number of hydrogen-bond donors (Lipinski definition) is 1. The molecular formula is C24H25NO2. The SMILES string of the molecule is CCOC(=O)C(=CC=Cc1c(Cc2ccccc2)[nH]c2ccccc12)CC. The van der Waals surface area contributed by atoms with E-state index >= 15 is 0 Å². The lowest BCUT2D eigenvalue weighted by molar-refractivity contribution is -0.138. The Hall–Kier alpha value is -3.07. The molecule has 3 rings (SSSR count). The highest BCUT2D eigenvalue weighted by Gasteiger charge is 2.10. The Kier molecular flexibility index (Phi) is 6.26. The van der Waals surface area contributed by atoms with Crippen LogP contribution in [0.3, 0.4) is 0 Å². The van der Waals surface area contributed by atoms with Gasteiger partial charge in [-0.25, -0.2) is 4.79 Å². The van der Waals surface area contributed by atoms with Gasteiger partial charge in [-0.3, -0.25) is 0 Å². The fraction of sp³-hybridized carbons (Fsp3) is 0.208. The second kappa shape index (κ2) is 9.04. The van der Waals surface area contributed by atoms with E-state index in [1.807, 2.05) is 44.2 Å². The quantitative estimate of drug-likeness (QED) is 0.335. The van der Waals surface area contributed by atoms with Gasteiger partial charge in [-0.05, 0) is 25.0 Å². The molecule has 0 radical (unpaired) electrons. The number of para-hydroxylation sites is 1. The molecular weight excluding hydrogens is 334 g/mol. The van der Waals surface area contributed by atoms with Gasteiger partial charge in [-0.15, -0.1) is 0 Å². The number of allylic oxidation sites excluding steroid dienone is 2. The van der Waals surface area contributed by atoms with Crippen LogP contribution in [0, 0.1) is 0 Å². The number of benzene rings is 2. The maximum Gasteiger partial charge on any atom is 0.333 e. The minimum atomic E-state index is -0.243. The summed E-state index contributed by atoms with van der Waals surface area (Å²) in [5.74, 6) is -0.243. The first kappa shape index (κ1) is 18.7. The van der Waals surface area contributed by atoms with Crippen molar-refractivity contribution >= 4 is 22.9 Å². The van der Waals surface area contributed by atoms with Crippen LogP contribution >= 0.6 is 0 Å². The molecule has 27 heavy (non-hydrogen) atoms. The average molecular weight is 359 g/mol. The minimum Gasteiger partial charge on any atom is -0.463 e. The van der Waals surface area contributed by atoms with E-state index in [1.165, 1.54) is 16.6 Å². The molecule has 0 saturated heterocycles. The molecule has 138 valence electrons. The van der Waals surface area contributed by atoms with E-state index in [0.29, 0.717) is 18.6 Å². The van der Waals surface area contributed by atoms with Gasteiger partial charge in [0.2, 0.25) is 0 Å². The predicted molar refractivity (Wildman–Crippen MR) is 112 cm³/mol. The van der Waals surface area contributed by atoms with Crippen molar-refractivity contribution in [1.82, 2.24) is 4.98 Å². The molecule has 0 fully saturated rings. The van der Waals surface area contributed by atoms with Gasteiger partial charge in [0.25, 0.3) is 0 Å². The highest BCUT2D eigenvalue weighted by molar-refractivity contribution is 5.92. The highest BCUT2D eigenvalue weighted by atomic mass is 16.5. The number of fused-ring (bicyclic) bond motifs is 1. The van der Waals surface area contributed by atoms with Gasteiger partial charge < -0.3 is 9.72 Å². The second-order valence-electron chi connectivity index (χ2n) is 6.35. The molecule has 3 heteroatoms. The van der Waals surface area contributed by atoms with Crippen LogP contribution in [0.4, 0.5) is 0 Å². The van der Waals surface area contributed by atoms with Crippen LogP contribution in [-0.4, -0.2) is 17.6 Å². The Morgan fingerprint density at radius 3 is 2.52 bits per heavy atom. The van der Waals surface area contributed by atoms with Crippen molar-refractivity contribution in [3.05, 3.63) is 89.1 Å². The first-order chi connectivity index (χ1) is 13.2. The number of rotatable bonds is 7. The third-order valence-electron chi connectivity index (χ3n) is 4.53. The molecule has 1 N–H and O–H groups in total. The summed E-state index contributed by atoms with van der Waals surface area (Å²) >= 11 is 0. The summed E-state index contributed by atoms with van der Waals surface area (Å²) in [6, 6.07) is 18.7. The maximum atomic E-state index is 12.0. The smallest absolute Gasteiger partial charge is 0.333 e. The zero-order chi connectivity index (χ0) is 19.1. The van der Waals surface area contributed by atoms with E-state index in [2.05, 4.69) is 47.5 Å². The number of aromatic nitrogens is 1. The van der Waals surface area contributed by atoms with Crippen LogP contribution < -0.4 is 0 Å². The van der Waals surface area contributed by atoms with E-state index in [-0.39, 0.29) is 5.97 Å². The molecule has 2 aromatic carbocycles. The lowest BCUT2D eigenvalue weighted by atomic mass is 10.0. The van der Waals surface area contributed by atoms with Crippen LogP contribution in [-0.2, 0) is 16.0 Å². The average Bonchev–Trinajstić information content (AvgIpc) is 3.03. The number of hydrogen-bond acceptors (Lipinski definition) is 2. The molecule has 0 atom stereocenters. The lowest BCUT2D eigenvalue weighted by Gasteiger charge is -2.03. The Morgan fingerprint density at radius 2 is 1.78 bits per heavy atom. The zero-order valence-electron chi connectivity index (χ0n) is 15.9. The Balaban J connectivity index is 1.94. The van der Waals surface area contributed by atoms with Gasteiger partial charge >= 0.3 is 5.97 Å². The second-order valence-corrected chi connectivity index (χ2v) is 6.35. The van der Waals surface area contributed by atoms with Crippen LogP contribution in [0.15, 0.2) is 72.3 Å². The molecule has 0 spiro atoms. The number of esters is 1. The van der Waals surface area contributed by atoms with Crippen LogP contribution in [0.1, 0.15) is 37.1 Å². The van der Waals surface area contributed by atoms with E-state index in [9.17, 15) is 4.79 Å². The normalized spacial score (nSPS) is 12.0. The van der Waals surface area contributed by atoms with Gasteiger partial charge in [-0.2, -0.15) is 0 Å². The molecule has 0 bridgehead atoms. The predicted octanol–water partition coefficient (Wildman–Crippen LogP) is 5.67. The molecule has 0 amide bonds. The van der Waals surface area contributed by atoms with Crippen molar-refractivity contribution < 1.29 is 9.53 Å². The number of H-pyrrole nitrogens is 1. The van der Waals surface area contributed by atoms with Gasteiger partial charge in [0.15, 0.2) is 0 Å². The third-order valence-corrected chi connectivity index (χ3v) is 4.53. The van der Waals surface area contributed by atoms with Gasteiger partial charge in [0, 0.05) is 34.2 Å². The fourth-order valence-electron chi connectivity index (χ4n) is 3.16. The standard InChI is InChI=1S/C24H25NO2/c1-3-19(24(26)27-4-2)13-10-15-21-20-14-8-9-16-22(20)25-23(21)17-18-11-6-5-7-12-18/h5-16,25H,3-4,17H2,1-2H3. The minimum absolute atomic E-state index is 0.243. The van der Waals surface area contributed by atoms with Crippen molar-refractivity contribution in [2.75, 3.05) is 6.61 Å². The number of carbonyl (C=O) groups is 1. The number of ether oxygens (including phenoxy) is 1. The Morgan fingerprint density at radius 1 is 1.04 bits per heavy atom. The first-order valence-electron chi connectivity index (χ1n) is 9.40. The molecule has 3 nitrogen and oxygen atoms in total. The summed E-state index contributed by atoms with van der Waals surface area (Å²) in [4.78, 5) is 15.5. The lowest BCUT2D eigenvalue weighted by Crippen LogP contribution is -2.06. The summed E-state index contributed by atoms with van der Waals surface area (Å²) in [6.45, 7) is 4.18. The third kappa shape index (κ3) is 4.56. The molecule has 1 heterocycles. The van der Waals surface area contributed by atoms with Gasteiger partial charge in [0.05, 0.1) is 6.61 Å². The number of nitrogens with one attached hydrogen (secondary N) is 1. The highest BCUT2D eigenvalue weighted by Crippen LogP contribution is 2.26. The summed E-state index contributed by atoms with van der Waals surface area (Å²) in [6.07, 6.45) is 7.35. The molecule has 0 aliphatic rings. The van der Waals surface area contributed by atoms with Crippen molar-refractivity contribution in [2.24, 2.45) is 0 Å². The molecule has 0 aliphatic carbocycles. The van der Waals surface area contributed by atoms with E-state index in [4.69, 9.17) is 4.74 Å². The van der Waals surface area contributed by atoms with E-state index in [0.717, 1.165) is 17.5 Å². The zero-order valence-corrected chi connectivity index (χ0v) is 15.9. The Labute approximate surface area is 160 Å². The number of carbonyl (C=O) groups excluding carboxylic acids is 1. The van der Waals surface area contributed by atoms with Crippen molar-refractivity contribution in [3.8, 4) is 0 Å². The summed E-state index contributed by atoms with van der Waals surface area (Å²) in [7, 11) is 0. The summed E-state index contributed by atoms with van der Waals surface area (Å²) in [5.41, 5.74) is 5.38. The van der Waals surface area contributed by atoms with Crippen molar-refractivity contribution in [3.63, 3.8) is 0 Å². The summed E-state index contributed by atoms with van der Waals surface area (Å²) in [5, 5.41) is 1.18. The van der Waals surface area contributed by atoms with Crippen molar-refractivity contribution in [1.29, 1.82) is 0 Å². The topological polar surface area (TPSA) is 42.1 Å². The van der Waals surface area contributed by atoms with Crippen molar-refractivity contribution in [2.45, 2.75) is 26.7 Å². The Bertz CT molecular complexity index is 964. The van der Waals surface area contributed by atoms with Crippen LogP contribution in [0.5, 0.6) is 0 Å². The monoisotopic (exact) mass is 359 g/mol. The maximum absolute atomic E-state index is 12.0. The van der Waals surface area contributed by atoms with Gasteiger partial charge in [-0.1, -0.05) is 73.7 Å².